The van der Waals surface area contributed by atoms with Crippen LogP contribution in [0.1, 0.15) is 13.3 Å². The Hall–Kier alpha value is -1.62. The smallest absolute Gasteiger partial charge is 0.317 e. The Morgan fingerprint density at radius 3 is 2.19 bits per heavy atom. The third-order valence-corrected chi connectivity index (χ3v) is 2.65. The van der Waals surface area contributed by atoms with Crippen LogP contribution in [0.15, 0.2) is 24.3 Å². The van der Waals surface area contributed by atoms with Crippen molar-refractivity contribution in [1.29, 1.82) is 0 Å². The molecule has 0 amide bonds. The Bertz CT molecular complexity index is 341. The zero-order valence-corrected chi connectivity index (χ0v) is 8.83. The Morgan fingerprint density at radius 2 is 1.81 bits per heavy atom. The minimum atomic E-state index is -1.32. The van der Waals surface area contributed by atoms with Crippen LogP contribution in [0.3, 0.4) is 0 Å². The molecule has 0 bridgehead atoms. The fourth-order valence-corrected chi connectivity index (χ4v) is 1.62. The molecule has 0 fully saturated rings. The quantitative estimate of drug-likeness (QED) is 0.612. The molecular formula is C11H14O5. The highest BCUT2D eigenvalue weighted by molar-refractivity contribution is 5.81. The molecule has 5 heteroatoms. The molecule has 88 valence electrons. The molecule has 1 unspecified atom stereocenters. The van der Waals surface area contributed by atoms with Crippen LogP contribution in [0.2, 0.25) is 0 Å². The van der Waals surface area contributed by atoms with Crippen molar-refractivity contribution in [3.05, 3.63) is 24.3 Å². The van der Waals surface area contributed by atoms with E-state index in [9.17, 15) is 14.7 Å². The van der Waals surface area contributed by atoms with Gasteiger partial charge in [-0.05, 0) is 6.42 Å². The summed E-state index contributed by atoms with van der Waals surface area (Å²) in [6.45, 7) is 1.46. The highest BCUT2D eigenvalue weighted by atomic mass is 16.4. The maximum Gasteiger partial charge on any atom is 0.317 e. The zero-order chi connectivity index (χ0) is 12.3. The van der Waals surface area contributed by atoms with Crippen LogP contribution in [0, 0.1) is 11.3 Å². The molecule has 5 nitrogen and oxygen atoms in total. The minimum absolute atomic E-state index is 0.0304. The summed E-state index contributed by atoms with van der Waals surface area (Å²) in [5, 5.41) is 27.1. The summed E-state index contributed by atoms with van der Waals surface area (Å²) in [6, 6.07) is 0. The summed E-state index contributed by atoms with van der Waals surface area (Å²) >= 11 is 0. The molecule has 0 spiro atoms. The summed E-state index contributed by atoms with van der Waals surface area (Å²) in [7, 11) is 0. The molecule has 16 heavy (non-hydrogen) atoms. The van der Waals surface area contributed by atoms with E-state index in [1.54, 1.807) is 0 Å². The number of aliphatic hydroxyl groups excluding tert-OH is 1. The van der Waals surface area contributed by atoms with Crippen molar-refractivity contribution in [2.45, 2.75) is 19.4 Å². The van der Waals surface area contributed by atoms with Gasteiger partial charge in [-0.2, -0.15) is 0 Å². The second-order valence-electron chi connectivity index (χ2n) is 4.00. The summed E-state index contributed by atoms with van der Waals surface area (Å²) in [5.41, 5.74) is -1.32. The van der Waals surface area contributed by atoms with Crippen LogP contribution in [-0.4, -0.2) is 33.4 Å². The van der Waals surface area contributed by atoms with Crippen molar-refractivity contribution >= 4 is 11.9 Å². The van der Waals surface area contributed by atoms with Crippen molar-refractivity contribution in [2.24, 2.45) is 11.3 Å². The standard InChI is InChI=1S/C11H14O5/c1-7(9(13)14)6-11(10(15)16)4-2-8(12)3-5-11/h2-5,7-8,12H,6H2,1H3,(H,13,14)(H,15,16). The van der Waals surface area contributed by atoms with Crippen LogP contribution in [0.5, 0.6) is 0 Å². The topological polar surface area (TPSA) is 94.8 Å². The van der Waals surface area contributed by atoms with Crippen LogP contribution in [0.25, 0.3) is 0 Å². The van der Waals surface area contributed by atoms with E-state index in [1.165, 1.54) is 31.2 Å². The second-order valence-corrected chi connectivity index (χ2v) is 4.00. The number of hydrogen-bond acceptors (Lipinski definition) is 3. The highest BCUT2D eigenvalue weighted by Crippen LogP contribution is 2.33. The molecule has 0 radical (unpaired) electrons. The van der Waals surface area contributed by atoms with E-state index in [-0.39, 0.29) is 6.42 Å². The number of carboxylic acids is 2. The summed E-state index contributed by atoms with van der Waals surface area (Å²) in [4.78, 5) is 21.9. The van der Waals surface area contributed by atoms with Gasteiger partial charge >= 0.3 is 11.9 Å². The molecule has 1 atom stereocenters. The molecule has 3 N–H and O–H groups in total. The van der Waals surface area contributed by atoms with Crippen LogP contribution in [-0.2, 0) is 9.59 Å². The normalized spacial score (nSPS) is 30.0. The molecule has 0 saturated carbocycles. The van der Waals surface area contributed by atoms with E-state index in [0.717, 1.165) is 0 Å². The van der Waals surface area contributed by atoms with Gasteiger partial charge in [0.1, 0.15) is 5.41 Å². The van der Waals surface area contributed by atoms with Gasteiger partial charge in [0.15, 0.2) is 0 Å². The van der Waals surface area contributed by atoms with E-state index < -0.39 is 29.4 Å². The molecular weight excluding hydrogens is 212 g/mol. The van der Waals surface area contributed by atoms with Gasteiger partial charge in [-0.25, -0.2) is 0 Å². The number of carbonyl (C=O) groups is 2. The molecule has 0 aromatic heterocycles. The maximum absolute atomic E-state index is 11.2. The third kappa shape index (κ3) is 2.49. The number of aliphatic carboxylic acids is 2. The van der Waals surface area contributed by atoms with Crippen molar-refractivity contribution in [2.75, 3.05) is 0 Å². The SMILES string of the molecule is CC(CC1(C(=O)O)C=CC(O)C=C1)C(=O)O. The van der Waals surface area contributed by atoms with Gasteiger partial charge in [-0.15, -0.1) is 0 Å². The predicted molar refractivity (Wildman–Crippen MR) is 55.8 cm³/mol. The van der Waals surface area contributed by atoms with E-state index in [1.807, 2.05) is 0 Å². The maximum atomic E-state index is 11.2. The Kier molecular flexibility index (Phi) is 3.49. The van der Waals surface area contributed by atoms with Crippen LogP contribution >= 0.6 is 0 Å². The first-order valence-electron chi connectivity index (χ1n) is 4.90. The lowest BCUT2D eigenvalue weighted by Gasteiger charge is -2.27. The van der Waals surface area contributed by atoms with Gasteiger partial charge in [0.05, 0.1) is 12.0 Å². The van der Waals surface area contributed by atoms with Gasteiger partial charge in [0.25, 0.3) is 0 Å². The van der Waals surface area contributed by atoms with Gasteiger partial charge in [-0.3, -0.25) is 9.59 Å². The van der Waals surface area contributed by atoms with Gasteiger partial charge in [0, 0.05) is 0 Å². The van der Waals surface area contributed by atoms with E-state index in [0.29, 0.717) is 0 Å². The van der Waals surface area contributed by atoms with Crippen molar-refractivity contribution in [3.8, 4) is 0 Å². The average molecular weight is 226 g/mol. The molecule has 1 rings (SSSR count). The number of aliphatic hydroxyl groups is 1. The van der Waals surface area contributed by atoms with Crippen molar-refractivity contribution in [3.63, 3.8) is 0 Å². The molecule has 0 heterocycles. The Balaban J connectivity index is 2.92. The number of rotatable bonds is 4. The first-order chi connectivity index (χ1) is 7.37. The molecule has 0 aromatic carbocycles. The van der Waals surface area contributed by atoms with E-state index in [4.69, 9.17) is 10.2 Å². The monoisotopic (exact) mass is 226 g/mol. The summed E-state index contributed by atoms with van der Waals surface area (Å²) in [5.74, 6) is -2.91. The van der Waals surface area contributed by atoms with Crippen molar-refractivity contribution in [1.82, 2.24) is 0 Å². The lowest BCUT2D eigenvalue weighted by atomic mass is 9.76. The fourth-order valence-electron chi connectivity index (χ4n) is 1.62. The first kappa shape index (κ1) is 12.4. The minimum Gasteiger partial charge on any atom is -0.481 e. The average Bonchev–Trinajstić information content (AvgIpc) is 2.21. The van der Waals surface area contributed by atoms with Crippen molar-refractivity contribution < 1.29 is 24.9 Å². The van der Waals surface area contributed by atoms with Crippen LogP contribution in [0.4, 0.5) is 0 Å². The second kappa shape index (κ2) is 4.49. The number of hydrogen-bond donors (Lipinski definition) is 3. The molecule has 0 aliphatic heterocycles. The highest BCUT2D eigenvalue weighted by Gasteiger charge is 2.38. The van der Waals surface area contributed by atoms with E-state index >= 15 is 0 Å². The molecule has 1 aliphatic carbocycles. The summed E-state index contributed by atoms with van der Waals surface area (Å²) < 4.78 is 0. The largest absolute Gasteiger partial charge is 0.481 e. The van der Waals surface area contributed by atoms with Gasteiger partial charge < -0.3 is 15.3 Å². The lowest BCUT2D eigenvalue weighted by Crippen LogP contribution is -2.33. The zero-order valence-electron chi connectivity index (χ0n) is 8.83. The first-order valence-corrected chi connectivity index (χ1v) is 4.90. The van der Waals surface area contributed by atoms with Crippen LogP contribution < -0.4 is 0 Å². The lowest BCUT2D eigenvalue weighted by molar-refractivity contribution is -0.147. The van der Waals surface area contributed by atoms with Gasteiger partial charge in [0.2, 0.25) is 0 Å². The third-order valence-electron chi connectivity index (χ3n) is 2.65. The van der Waals surface area contributed by atoms with Gasteiger partial charge in [-0.1, -0.05) is 31.2 Å². The summed E-state index contributed by atoms with van der Waals surface area (Å²) in [6.07, 6.45) is 4.56. The molecule has 0 saturated heterocycles. The molecule has 0 aromatic rings. The van der Waals surface area contributed by atoms with E-state index in [2.05, 4.69) is 0 Å². The predicted octanol–water partition coefficient (Wildman–Crippen LogP) is 0.655. The Morgan fingerprint density at radius 1 is 1.31 bits per heavy atom. The number of carboxylic acid groups (broad SMARTS) is 2. The fraction of sp³-hybridized carbons (Fsp3) is 0.455. The Labute approximate surface area is 92.7 Å². The molecule has 1 aliphatic rings.